The summed E-state index contributed by atoms with van der Waals surface area (Å²) in [7, 11) is 0. The quantitative estimate of drug-likeness (QED) is 0.728. The lowest BCUT2D eigenvalue weighted by molar-refractivity contribution is -0.149. The summed E-state index contributed by atoms with van der Waals surface area (Å²) in [6.45, 7) is 8.27. The van der Waals surface area contributed by atoms with Gasteiger partial charge in [-0.25, -0.2) is 0 Å². The van der Waals surface area contributed by atoms with Crippen LogP contribution < -0.4 is 0 Å². The third-order valence-corrected chi connectivity index (χ3v) is 3.17. The standard InChI is InChI=1S/C14H20O2/c1-5-14(4,13(15)16-6-2)12-10-8-7-9-11(12)3/h7-10H,5-6H2,1-4H3. The molecular formula is C14H20O2. The molecule has 1 atom stereocenters. The average Bonchev–Trinajstić information content (AvgIpc) is 2.29. The van der Waals surface area contributed by atoms with Gasteiger partial charge in [0.05, 0.1) is 12.0 Å². The molecule has 0 bridgehead atoms. The van der Waals surface area contributed by atoms with Crippen LogP contribution in [-0.4, -0.2) is 12.6 Å². The summed E-state index contributed by atoms with van der Waals surface area (Å²) in [6, 6.07) is 7.99. The Balaban J connectivity index is 3.14. The molecule has 0 amide bonds. The van der Waals surface area contributed by atoms with Crippen molar-refractivity contribution < 1.29 is 9.53 Å². The summed E-state index contributed by atoms with van der Waals surface area (Å²) in [5, 5.41) is 0. The molecule has 1 unspecified atom stereocenters. The van der Waals surface area contributed by atoms with E-state index in [2.05, 4.69) is 0 Å². The molecule has 1 rings (SSSR count). The molecular weight excluding hydrogens is 200 g/mol. The van der Waals surface area contributed by atoms with Gasteiger partial charge in [0.1, 0.15) is 0 Å². The van der Waals surface area contributed by atoms with Gasteiger partial charge >= 0.3 is 5.97 Å². The van der Waals surface area contributed by atoms with Crippen LogP contribution in [0.3, 0.4) is 0 Å². The van der Waals surface area contributed by atoms with Crippen molar-refractivity contribution in [2.45, 2.75) is 39.5 Å². The van der Waals surface area contributed by atoms with Crippen LogP contribution >= 0.6 is 0 Å². The molecule has 0 saturated heterocycles. The summed E-state index contributed by atoms with van der Waals surface area (Å²) >= 11 is 0. The van der Waals surface area contributed by atoms with Gasteiger partial charge in [-0.15, -0.1) is 0 Å². The Labute approximate surface area is 97.6 Å². The zero-order chi connectivity index (χ0) is 12.2. The number of aryl methyl sites for hydroxylation is 1. The van der Waals surface area contributed by atoms with Crippen molar-refractivity contribution in [2.24, 2.45) is 0 Å². The van der Waals surface area contributed by atoms with Crippen LogP contribution in [0.25, 0.3) is 0 Å². The number of carbonyl (C=O) groups excluding carboxylic acids is 1. The molecule has 0 aliphatic carbocycles. The van der Waals surface area contributed by atoms with Gasteiger partial charge in [0, 0.05) is 0 Å². The van der Waals surface area contributed by atoms with E-state index in [1.54, 1.807) is 0 Å². The molecule has 0 saturated carbocycles. The molecule has 0 fully saturated rings. The molecule has 0 aliphatic rings. The molecule has 0 N–H and O–H groups in total. The largest absolute Gasteiger partial charge is 0.465 e. The second kappa shape index (κ2) is 5.15. The van der Waals surface area contributed by atoms with E-state index in [4.69, 9.17) is 4.74 Å². The van der Waals surface area contributed by atoms with Crippen molar-refractivity contribution in [3.8, 4) is 0 Å². The Morgan fingerprint density at radius 2 is 1.94 bits per heavy atom. The van der Waals surface area contributed by atoms with Crippen LogP contribution in [-0.2, 0) is 14.9 Å². The fraction of sp³-hybridized carbons (Fsp3) is 0.500. The summed E-state index contributed by atoms with van der Waals surface area (Å²) in [6.07, 6.45) is 0.747. The van der Waals surface area contributed by atoms with E-state index >= 15 is 0 Å². The normalized spacial score (nSPS) is 14.2. The molecule has 16 heavy (non-hydrogen) atoms. The fourth-order valence-electron chi connectivity index (χ4n) is 1.93. The minimum absolute atomic E-state index is 0.133. The third kappa shape index (κ3) is 2.26. The average molecular weight is 220 g/mol. The second-order valence-corrected chi connectivity index (χ2v) is 4.22. The van der Waals surface area contributed by atoms with E-state index in [9.17, 15) is 4.79 Å². The summed E-state index contributed by atoms with van der Waals surface area (Å²) in [5.74, 6) is -0.133. The molecule has 0 heterocycles. The van der Waals surface area contributed by atoms with Gasteiger partial charge in [-0.1, -0.05) is 31.2 Å². The summed E-state index contributed by atoms with van der Waals surface area (Å²) in [4.78, 5) is 12.0. The molecule has 0 radical (unpaired) electrons. The van der Waals surface area contributed by atoms with Gasteiger partial charge in [-0.3, -0.25) is 4.79 Å². The van der Waals surface area contributed by atoms with Gasteiger partial charge in [-0.05, 0) is 38.3 Å². The molecule has 88 valence electrons. The second-order valence-electron chi connectivity index (χ2n) is 4.22. The van der Waals surface area contributed by atoms with Crippen molar-refractivity contribution in [3.05, 3.63) is 35.4 Å². The molecule has 0 aliphatic heterocycles. The van der Waals surface area contributed by atoms with Crippen molar-refractivity contribution in [3.63, 3.8) is 0 Å². The Morgan fingerprint density at radius 1 is 1.31 bits per heavy atom. The van der Waals surface area contributed by atoms with Gasteiger partial charge in [0.2, 0.25) is 0 Å². The van der Waals surface area contributed by atoms with Gasteiger partial charge in [-0.2, -0.15) is 0 Å². The first-order valence-electron chi connectivity index (χ1n) is 5.79. The van der Waals surface area contributed by atoms with Crippen LogP contribution in [0, 0.1) is 6.92 Å². The lowest BCUT2D eigenvalue weighted by Gasteiger charge is -2.27. The highest BCUT2D eigenvalue weighted by molar-refractivity contribution is 5.83. The number of hydrogen-bond donors (Lipinski definition) is 0. The van der Waals surface area contributed by atoms with E-state index in [-0.39, 0.29) is 5.97 Å². The fourth-order valence-corrected chi connectivity index (χ4v) is 1.93. The van der Waals surface area contributed by atoms with E-state index in [0.29, 0.717) is 6.61 Å². The number of benzene rings is 1. The Morgan fingerprint density at radius 3 is 2.44 bits per heavy atom. The zero-order valence-electron chi connectivity index (χ0n) is 10.5. The number of hydrogen-bond acceptors (Lipinski definition) is 2. The monoisotopic (exact) mass is 220 g/mol. The highest BCUT2D eigenvalue weighted by Crippen LogP contribution is 2.31. The molecule has 1 aromatic carbocycles. The number of rotatable bonds is 4. The van der Waals surface area contributed by atoms with Gasteiger partial charge in [0.15, 0.2) is 0 Å². The smallest absolute Gasteiger partial charge is 0.316 e. The first-order chi connectivity index (χ1) is 7.56. The number of carbonyl (C=O) groups is 1. The molecule has 2 heteroatoms. The van der Waals surface area contributed by atoms with Crippen LogP contribution in [0.15, 0.2) is 24.3 Å². The molecule has 1 aromatic rings. The predicted molar refractivity (Wildman–Crippen MR) is 65.5 cm³/mol. The Bertz CT molecular complexity index is 371. The van der Waals surface area contributed by atoms with Crippen LogP contribution in [0.2, 0.25) is 0 Å². The number of ether oxygens (including phenoxy) is 1. The lowest BCUT2D eigenvalue weighted by Crippen LogP contribution is -2.34. The van der Waals surface area contributed by atoms with Crippen LogP contribution in [0.1, 0.15) is 38.3 Å². The van der Waals surface area contributed by atoms with Crippen molar-refractivity contribution in [1.29, 1.82) is 0 Å². The minimum atomic E-state index is -0.526. The predicted octanol–water partition coefficient (Wildman–Crippen LogP) is 3.23. The summed E-state index contributed by atoms with van der Waals surface area (Å²) < 4.78 is 5.17. The van der Waals surface area contributed by atoms with E-state index in [1.807, 2.05) is 52.0 Å². The first kappa shape index (κ1) is 12.8. The maximum absolute atomic E-state index is 12.0. The van der Waals surface area contributed by atoms with E-state index < -0.39 is 5.41 Å². The van der Waals surface area contributed by atoms with Crippen molar-refractivity contribution in [2.75, 3.05) is 6.61 Å². The zero-order valence-corrected chi connectivity index (χ0v) is 10.5. The van der Waals surface area contributed by atoms with Crippen molar-refractivity contribution in [1.82, 2.24) is 0 Å². The van der Waals surface area contributed by atoms with E-state index in [0.717, 1.165) is 17.5 Å². The molecule has 0 spiro atoms. The topological polar surface area (TPSA) is 26.3 Å². The molecule has 2 nitrogen and oxygen atoms in total. The Kier molecular flexibility index (Phi) is 4.11. The maximum Gasteiger partial charge on any atom is 0.316 e. The van der Waals surface area contributed by atoms with Crippen LogP contribution in [0.4, 0.5) is 0 Å². The highest BCUT2D eigenvalue weighted by atomic mass is 16.5. The lowest BCUT2D eigenvalue weighted by atomic mass is 9.78. The molecule has 0 aromatic heterocycles. The maximum atomic E-state index is 12.0. The van der Waals surface area contributed by atoms with Gasteiger partial charge < -0.3 is 4.74 Å². The summed E-state index contributed by atoms with van der Waals surface area (Å²) in [5.41, 5.74) is 1.68. The van der Waals surface area contributed by atoms with Crippen molar-refractivity contribution >= 4 is 5.97 Å². The highest BCUT2D eigenvalue weighted by Gasteiger charge is 2.35. The van der Waals surface area contributed by atoms with Gasteiger partial charge in [0.25, 0.3) is 0 Å². The first-order valence-corrected chi connectivity index (χ1v) is 5.79. The van der Waals surface area contributed by atoms with E-state index in [1.165, 1.54) is 0 Å². The SMILES string of the molecule is CCOC(=O)C(C)(CC)c1ccccc1C. The van der Waals surface area contributed by atoms with Crippen LogP contribution in [0.5, 0.6) is 0 Å². The number of esters is 1. The Hall–Kier alpha value is -1.31. The third-order valence-electron chi connectivity index (χ3n) is 3.17. The minimum Gasteiger partial charge on any atom is -0.465 e.